The molecule has 0 saturated heterocycles. The molecule has 0 atom stereocenters. The first-order chi connectivity index (χ1) is 17.1. The van der Waals surface area contributed by atoms with Gasteiger partial charge in [-0.05, 0) is 36.4 Å². The van der Waals surface area contributed by atoms with Crippen molar-refractivity contribution in [1.82, 2.24) is 24.7 Å². The smallest absolute Gasteiger partial charge is 0.325 e. The molecule has 3 N–H and O–H groups in total. The van der Waals surface area contributed by atoms with Gasteiger partial charge in [-0.25, -0.2) is 9.18 Å². The second-order valence-electron chi connectivity index (χ2n) is 7.38. The highest BCUT2D eigenvalue weighted by Crippen LogP contribution is 2.34. The molecule has 2 heterocycles. The normalized spacial score (nSPS) is 11.4. The summed E-state index contributed by atoms with van der Waals surface area (Å²) in [5.74, 6) is -1.27. The van der Waals surface area contributed by atoms with Crippen LogP contribution in [0.2, 0.25) is 0 Å². The highest BCUT2D eigenvalue weighted by Gasteiger charge is 2.33. The van der Waals surface area contributed by atoms with E-state index in [4.69, 9.17) is 0 Å². The Labute approximate surface area is 203 Å². The molecule has 2 aromatic heterocycles. The summed E-state index contributed by atoms with van der Waals surface area (Å²) in [5.41, 5.74) is -2.03. The number of H-pyrrole nitrogens is 2. The monoisotopic (exact) mass is 520 g/mol. The van der Waals surface area contributed by atoms with E-state index in [1.54, 1.807) is 0 Å². The molecule has 0 aliphatic heterocycles. The molecule has 0 fully saturated rings. The fraction of sp³-hybridized carbons (Fsp3) is 0.136. The van der Waals surface area contributed by atoms with Crippen LogP contribution in [0.4, 0.5) is 23.2 Å². The lowest BCUT2D eigenvalue weighted by Crippen LogP contribution is -2.23. The van der Waals surface area contributed by atoms with Crippen molar-refractivity contribution in [1.29, 1.82) is 0 Å². The number of nitrogens with zero attached hydrogens (tertiary/aromatic N) is 3. The number of anilines is 1. The molecule has 1 amide bonds. The lowest BCUT2D eigenvalue weighted by molar-refractivity contribution is -0.137. The van der Waals surface area contributed by atoms with E-state index in [9.17, 15) is 31.9 Å². The van der Waals surface area contributed by atoms with Crippen LogP contribution in [-0.4, -0.2) is 36.4 Å². The molecule has 0 aliphatic carbocycles. The number of benzene rings is 2. The van der Waals surface area contributed by atoms with Gasteiger partial charge in [-0.3, -0.25) is 19.1 Å². The minimum Gasteiger partial charge on any atom is -0.325 e. The molecule has 4 aromatic rings. The molecule has 0 saturated carbocycles. The first-order valence-electron chi connectivity index (χ1n) is 10.2. The number of carbonyl (C=O) groups excluding carboxylic acids is 1. The summed E-state index contributed by atoms with van der Waals surface area (Å²) in [6, 6.07) is 11.0. The third-order valence-electron chi connectivity index (χ3n) is 4.79. The quantitative estimate of drug-likeness (QED) is 0.254. The van der Waals surface area contributed by atoms with Crippen molar-refractivity contribution in [2.24, 2.45) is 0 Å². The SMILES string of the molecule is O=C(CSc1nnc(Cc2cc(=O)[nH]c(=O)[nH]2)n1-c1ccc(F)cc1)Nc1ccccc1C(F)(F)F. The molecule has 36 heavy (non-hydrogen) atoms. The van der Waals surface area contributed by atoms with Gasteiger partial charge >= 0.3 is 11.9 Å². The summed E-state index contributed by atoms with van der Waals surface area (Å²) in [5, 5.41) is 10.5. The van der Waals surface area contributed by atoms with Crippen LogP contribution < -0.4 is 16.6 Å². The van der Waals surface area contributed by atoms with E-state index >= 15 is 0 Å². The van der Waals surface area contributed by atoms with Gasteiger partial charge < -0.3 is 10.3 Å². The van der Waals surface area contributed by atoms with Crippen LogP contribution in [0, 0.1) is 5.82 Å². The zero-order valence-electron chi connectivity index (χ0n) is 18.1. The standard InChI is InChI=1S/C22H16F4N6O3S/c23-12-5-7-14(8-6-12)32-17(9-13-10-18(33)29-20(35)27-13)30-31-21(32)36-11-19(34)28-16-4-2-1-3-15(16)22(24,25)26/h1-8,10H,9,11H2,(H,28,34)(H2,27,29,33,35). The number of rotatable bonds is 7. The highest BCUT2D eigenvalue weighted by molar-refractivity contribution is 7.99. The Morgan fingerprint density at radius 1 is 1.03 bits per heavy atom. The summed E-state index contributed by atoms with van der Waals surface area (Å²) in [4.78, 5) is 40.2. The van der Waals surface area contributed by atoms with Gasteiger partial charge in [-0.1, -0.05) is 23.9 Å². The summed E-state index contributed by atoms with van der Waals surface area (Å²) in [6.07, 6.45) is -4.68. The number of aromatic amines is 2. The zero-order chi connectivity index (χ0) is 25.9. The Balaban J connectivity index is 1.59. The number of para-hydroxylation sites is 1. The van der Waals surface area contributed by atoms with Gasteiger partial charge in [0.25, 0.3) is 5.56 Å². The van der Waals surface area contributed by atoms with Gasteiger partial charge in [-0.2, -0.15) is 13.2 Å². The molecule has 4 rings (SSSR count). The maximum absolute atomic E-state index is 13.5. The number of thioether (sulfide) groups is 1. The first-order valence-corrected chi connectivity index (χ1v) is 11.2. The summed E-state index contributed by atoms with van der Waals surface area (Å²) in [6.45, 7) is 0. The number of amides is 1. The maximum Gasteiger partial charge on any atom is 0.418 e. The molecule has 2 aromatic carbocycles. The summed E-state index contributed by atoms with van der Waals surface area (Å²) in [7, 11) is 0. The van der Waals surface area contributed by atoms with Crippen molar-refractivity contribution in [3.05, 3.63) is 98.3 Å². The molecule has 14 heteroatoms. The largest absolute Gasteiger partial charge is 0.418 e. The van der Waals surface area contributed by atoms with Crippen molar-refractivity contribution in [2.75, 3.05) is 11.1 Å². The minimum atomic E-state index is -4.64. The average molecular weight is 520 g/mol. The van der Waals surface area contributed by atoms with Crippen molar-refractivity contribution in [3.63, 3.8) is 0 Å². The van der Waals surface area contributed by atoms with E-state index in [1.807, 2.05) is 4.98 Å². The Hall–Kier alpha value is -4.20. The Morgan fingerprint density at radius 2 is 1.75 bits per heavy atom. The highest BCUT2D eigenvalue weighted by atomic mass is 32.2. The second-order valence-corrected chi connectivity index (χ2v) is 8.32. The molecule has 0 spiro atoms. The zero-order valence-corrected chi connectivity index (χ0v) is 18.9. The van der Waals surface area contributed by atoms with Crippen LogP contribution in [0.15, 0.2) is 69.3 Å². The number of halogens is 4. The van der Waals surface area contributed by atoms with Crippen LogP contribution in [-0.2, 0) is 17.4 Å². The van der Waals surface area contributed by atoms with Gasteiger partial charge in [0.2, 0.25) is 5.91 Å². The molecule has 9 nitrogen and oxygen atoms in total. The number of carbonyl (C=O) groups is 1. The van der Waals surface area contributed by atoms with Gasteiger partial charge in [0.1, 0.15) is 11.6 Å². The number of nitrogens with one attached hydrogen (secondary N) is 3. The average Bonchev–Trinajstić information content (AvgIpc) is 3.19. The van der Waals surface area contributed by atoms with E-state index < -0.39 is 34.7 Å². The number of hydrogen-bond acceptors (Lipinski definition) is 6. The van der Waals surface area contributed by atoms with E-state index in [-0.39, 0.29) is 34.5 Å². The van der Waals surface area contributed by atoms with Gasteiger partial charge in [0, 0.05) is 23.9 Å². The predicted octanol–water partition coefficient (Wildman–Crippen LogP) is 3.12. The molecular formula is C22H16F4N6O3S. The van der Waals surface area contributed by atoms with Gasteiger partial charge in [-0.15, -0.1) is 10.2 Å². The maximum atomic E-state index is 13.5. The van der Waals surface area contributed by atoms with E-state index in [0.717, 1.165) is 23.9 Å². The lowest BCUT2D eigenvalue weighted by Gasteiger charge is -2.13. The lowest BCUT2D eigenvalue weighted by atomic mass is 10.1. The van der Waals surface area contributed by atoms with Crippen LogP contribution in [0.25, 0.3) is 5.69 Å². The van der Waals surface area contributed by atoms with Gasteiger partial charge in [0.05, 0.1) is 17.0 Å². The van der Waals surface area contributed by atoms with E-state index in [2.05, 4.69) is 20.5 Å². The molecular weight excluding hydrogens is 504 g/mol. The van der Waals surface area contributed by atoms with Crippen LogP contribution in [0.3, 0.4) is 0 Å². The van der Waals surface area contributed by atoms with Crippen molar-refractivity contribution >= 4 is 23.4 Å². The first kappa shape index (κ1) is 24.9. The Bertz CT molecular complexity index is 1480. The molecule has 0 unspecified atom stereocenters. The molecule has 0 radical (unpaired) electrons. The fourth-order valence-electron chi connectivity index (χ4n) is 3.30. The van der Waals surface area contributed by atoms with Gasteiger partial charge in [0.15, 0.2) is 5.16 Å². The number of aromatic nitrogens is 5. The van der Waals surface area contributed by atoms with Crippen LogP contribution in [0.1, 0.15) is 17.1 Å². The molecule has 0 aliphatic rings. The number of hydrogen-bond donors (Lipinski definition) is 3. The minimum absolute atomic E-state index is 0.0325. The topological polar surface area (TPSA) is 126 Å². The molecule has 0 bridgehead atoms. The van der Waals surface area contributed by atoms with Crippen LogP contribution >= 0.6 is 11.8 Å². The fourth-order valence-corrected chi connectivity index (χ4v) is 4.07. The Morgan fingerprint density at radius 3 is 2.44 bits per heavy atom. The summed E-state index contributed by atoms with van der Waals surface area (Å²) < 4.78 is 54.6. The second kappa shape index (κ2) is 10.2. The third kappa shape index (κ3) is 5.89. The molecule has 186 valence electrons. The van der Waals surface area contributed by atoms with E-state index in [1.165, 1.54) is 47.0 Å². The number of alkyl halides is 3. The van der Waals surface area contributed by atoms with E-state index in [0.29, 0.717) is 5.69 Å². The van der Waals surface area contributed by atoms with Crippen LogP contribution in [0.5, 0.6) is 0 Å². The third-order valence-corrected chi connectivity index (χ3v) is 5.72. The predicted molar refractivity (Wildman–Crippen MR) is 123 cm³/mol. The Kier molecular flexibility index (Phi) is 7.05. The van der Waals surface area contributed by atoms with Crippen molar-refractivity contribution in [3.8, 4) is 5.69 Å². The van der Waals surface area contributed by atoms with Crippen molar-refractivity contribution < 1.29 is 22.4 Å². The van der Waals surface area contributed by atoms with Crippen molar-refractivity contribution in [2.45, 2.75) is 17.8 Å². The summed E-state index contributed by atoms with van der Waals surface area (Å²) >= 11 is 0.887.